The molecule has 0 fully saturated rings. The zero-order chi connectivity index (χ0) is 30.8. The van der Waals surface area contributed by atoms with E-state index in [-0.39, 0.29) is 0 Å². The van der Waals surface area contributed by atoms with Crippen molar-refractivity contribution in [2.45, 2.75) is 32.0 Å². The van der Waals surface area contributed by atoms with E-state index in [0.717, 1.165) is 32.4 Å². The van der Waals surface area contributed by atoms with E-state index in [2.05, 4.69) is 0 Å². The minimum atomic E-state index is -3.36. The fourth-order valence-electron chi connectivity index (χ4n) is 6.35. The second-order valence-corrected chi connectivity index (χ2v) is 17.4. The highest BCUT2D eigenvalue weighted by molar-refractivity contribution is 7.85. The molecule has 0 bridgehead atoms. The molecular weight excluding hydrogens is 578 g/mol. The molecule has 0 saturated carbocycles. The zero-order valence-electron chi connectivity index (χ0n) is 25.2. The molecule has 0 amide bonds. The van der Waals surface area contributed by atoms with Gasteiger partial charge in [-0.1, -0.05) is 152 Å². The maximum Gasteiger partial charge on any atom is 0.174 e. The summed E-state index contributed by atoms with van der Waals surface area (Å²) in [5.74, 6) is 0.565. The highest BCUT2D eigenvalue weighted by Crippen LogP contribution is 2.61. The number of rotatable bonds is 8. The smallest absolute Gasteiger partial charge is 0.174 e. The van der Waals surface area contributed by atoms with Gasteiger partial charge in [0.2, 0.25) is 0 Å². The van der Waals surface area contributed by atoms with Crippen LogP contribution in [-0.4, -0.2) is 11.3 Å². The Hall–Kier alpha value is -4.16. The summed E-state index contributed by atoms with van der Waals surface area (Å²) in [7, 11) is -6.71. The first kappa shape index (κ1) is 29.9. The van der Waals surface area contributed by atoms with Crippen LogP contribution in [0.25, 0.3) is 0 Å². The lowest BCUT2D eigenvalue weighted by atomic mass is 9.92. The molecule has 0 spiro atoms. The molecule has 220 valence electrons. The van der Waals surface area contributed by atoms with Crippen molar-refractivity contribution in [2.75, 3.05) is 0 Å². The van der Waals surface area contributed by atoms with Crippen LogP contribution < -0.4 is 31.3 Å². The van der Waals surface area contributed by atoms with Crippen LogP contribution in [0, 0.1) is 6.92 Å². The molecular formula is C39H36O3P2. The van der Waals surface area contributed by atoms with Crippen molar-refractivity contribution >= 4 is 40.8 Å². The maximum atomic E-state index is 15.8. The average Bonchev–Trinajstić information content (AvgIpc) is 3.08. The minimum absolute atomic E-state index is 0.565. The number of aryl methyl sites for hydroxylation is 1. The van der Waals surface area contributed by atoms with Crippen molar-refractivity contribution in [3.63, 3.8) is 0 Å². The van der Waals surface area contributed by atoms with E-state index in [4.69, 9.17) is 4.74 Å². The van der Waals surface area contributed by atoms with Crippen LogP contribution in [0.15, 0.2) is 163 Å². The second-order valence-electron chi connectivity index (χ2n) is 11.5. The van der Waals surface area contributed by atoms with Crippen LogP contribution in [0.2, 0.25) is 0 Å². The topological polar surface area (TPSA) is 43.4 Å². The van der Waals surface area contributed by atoms with Crippen LogP contribution >= 0.6 is 14.3 Å². The molecule has 0 saturated heterocycles. The molecule has 1 aliphatic carbocycles. The predicted octanol–water partition coefficient (Wildman–Crippen LogP) is 7.67. The number of para-hydroxylation sites is 1. The molecule has 44 heavy (non-hydrogen) atoms. The van der Waals surface area contributed by atoms with Gasteiger partial charge < -0.3 is 13.9 Å². The van der Waals surface area contributed by atoms with Gasteiger partial charge in [-0.2, -0.15) is 0 Å². The summed E-state index contributed by atoms with van der Waals surface area (Å²) < 4.78 is 38.5. The number of hydrogen-bond donors (Lipinski definition) is 0. The Morgan fingerprint density at radius 3 is 1.52 bits per heavy atom. The Kier molecular flexibility index (Phi) is 8.21. The standard InChI is InChI=1S/C39H36O3P2/c1-30-18-16-28-36(43(40,32-20-8-4-9-21-32)33-22-10-5-11-23-33)37(30)42-38-31(2)19-17-29-39(38,3)44(41,34-24-12-6-13-25-34)35-26-14-7-15-27-35/h4-29,38H,1-3H3. The van der Waals surface area contributed by atoms with Crippen molar-refractivity contribution in [1.29, 1.82) is 0 Å². The fraction of sp³-hybridized carbons (Fsp3) is 0.128. The van der Waals surface area contributed by atoms with Crippen LogP contribution in [-0.2, 0) is 9.13 Å². The van der Waals surface area contributed by atoms with Crippen molar-refractivity contribution in [1.82, 2.24) is 0 Å². The van der Waals surface area contributed by atoms with Crippen LogP contribution in [0.1, 0.15) is 19.4 Å². The van der Waals surface area contributed by atoms with Gasteiger partial charge in [-0.25, -0.2) is 0 Å². The highest BCUT2D eigenvalue weighted by atomic mass is 31.2. The molecule has 1 aliphatic rings. The number of allylic oxidation sites excluding steroid dienone is 2. The first-order chi connectivity index (χ1) is 21.3. The Morgan fingerprint density at radius 2 is 1.05 bits per heavy atom. The van der Waals surface area contributed by atoms with Crippen LogP contribution in [0.3, 0.4) is 0 Å². The van der Waals surface area contributed by atoms with Gasteiger partial charge in [0.15, 0.2) is 14.3 Å². The van der Waals surface area contributed by atoms with E-state index in [1.165, 1.54) is 0 Å². The van der Waals surface area contributed by atoms with E-state index in [1.807, 2.05) is 179 Å². The molecule has 0 heterocycles. The Bertz CT molecular complexity index is 1830. The molecule has 5 aromatic rings. The number of hydrogen-bond acceptors (Lipinski definition) is 3. The molecule has 0 radical (unpaired) electrons. The largest absolute Gasteiger partial charge is 0.484 e. The Morgan fingerprint density at radius 1 is 0.591 bits per heavy atom. The van der Waals surface area contributed by atoms with Crippen molar-refractivity contribution in [3.05, 3.63) is 169 Å². The van der Waals surface area contributed by atoms with E-state index < -0.39 is 25.5 Å². The zero-order valence-corrected chi connectivity index (χ0v) is 27.0. The molecule has 0 aliphatic heterocycles. The van der Waals surface area contributed by atoms with E-state index >= 15 is 9.13 Å². The molecule has 0 N–H and O–H groups in total. The molecule has 0 aromatic heterocycles. The lowest BCUT2D eigenvalue weighted by Crippen LogP contribution is -2.49. The third-order valence-corrected chi connectivity index (χ3v) is 15.5. The van der Waals surface area contributed by atoms with Crippen molar-refractivity contribution in [3.8, 4) is 5.75 Å². The summed E-state index contributed by atoms with van der Waals surface area (Å²) in [6, 6.07) is 44.6. The summed E-state index contributed by atoms with van der Waals surface area (Å²) >= 11 is 0. The van der Waals surface area contributed by atoms with Crippen LogP contribution in [0.5, 0.6) is 5.75 Å². The molecule has 2 unspecified atom stereocenters. The summed E-state index contributed by atoms with van der Waals surface area (Å²) in [6.07, 6.45) is 5.46. The number of ether oxygens (including phenoxy) is 1. The molecule has 5 heteroatoms. The third-order valence-electron chi connectivity index (χ3n) is 8.66. The average molecular weight is 615 g/mol. The first-order valence-corrected chi connectivity index (χ1v) is 18.3. The summed E-state index contributed by atoms with van der Waals surface area (Å²) in [5, 5.41) is 2.70. The summed E-state index contributed by atoms with van der Waals surface area (Å²) in [6.45, 7) is 6.05. The van der Waals surface area contributed by atoms with Gasteiger partial charge in [-0.15, -0.1) is 0 Å². The van der Waals surface area contributed by atoms with Gasteiger partial charge >= 0.3 is 0 Å². The third kappa shape index (κ3) is 4.95. The van der Waals surface area contributed by atoms with Gasteiger partial charge in [0.25, 0.3) is 0 Å². The van der Waals surface area contributed by atoms with Gasteiger partial charge in [0.05, 0.1) is 10.5 Å². The van der Waals surface area contributed by atoms with Gasteiger partial charge in [0, 0.05) is 21.2 Å². The highest BCUT2D eigenvalue weighted by Gasteiger charge is 2.53. The molecule has 2 atom stereocenters. The quantitative estimate of drug-likeness (QED) is 0.169. The van der Waals surface area contributed by atoms with Crippen molar-refractivity contribution in [2.24, 2.45) is 0 Å². The minimum Gasteiger partial charge on any atom is -0.484 e. The first-order valence-electron chi connectivity index (χ1n) is 14.9. The summed E-state index contributed by atoms with van der Waals surface area (Å²) in [5.41, 5.74) is 1.82. The van der Waals surface area contributed by atoms with E-state index in [1.54, 1.807) is 0 Å². The SMILES string of the molecule is CC1=CC=CC(C)(P(=O)(c2ccccc2)c2ccccc2)C1Oc1c(C)cccc1P(=O)(c1ccccc1)c1ccccc1. The van der Waals surface area contributed by atoms with E-state index in [0.29, 0.717) is 11.1 Å². The molecule has 6 rings (SSSR count). The monoisotopic (exact) mass is 614 g/mol. The molecule has 5 aromatic carbocycles. The summed E-state index contributed by atoms with van der Waals surface area (Å²) in [4.78, 5) is 0. The van der Waals surface area contributed by atoms with Gasteiger partial charge in [-0.05, 0) is 38.0 Å². The fourth-order valence-corrected chi connectivity index (χ4v) is 12.7. The van der Waals surface area contributed by atoms with Crippen LogP contribution in [0.4, 0.5) is 0 Å². The number of benzene rings is 5. The lowest BCUT2D eigenvalue weighted by Gasteiger charge is -2.44. The lowest BCUT2D eigenvalue weighted by molar-refractivity contribution is 0.208. The molecule has 3 nitrogen and oxygen atoms in total. The predicted molar refractivity (Wildman–Crippen MR) is 186 cm³/mol. The van der Waals surface area contributed by atoms with Gasteiger partial charge in [0.1, 0.15) is 11.9 Å². The maximum absolute atomic E-state index is 15.8. The Balaban J connectivity index is 1.57. The normalized spacial score (nSPS) is 18.4. The van der Waals surface area contributed by atoms with Crippen molar-refractivity contribution < 1.29 is 13.9 Å². The second kappa shape index (κ2) is 12.1. The Labute approximate surface area is 260 Å². The van der Waals surface area contributed by atoms with Gasteiger partial charge in [-0.3, -0.25) is 0 Å². The van der Waals surface area contributed by atoms with E-state index in [9.17, 15) is 0 Å².